The molecule has 4 bridgehead atoms. The van der Waals surface area contributed by atoms with E-state index in [4.69, 9.17) is 18.9 Å². The van der Waals surface area contributed by atoms with Crippen LogP contribution in [0.3, 0.4) is 0 Å². The van der Waals surface area contributed by atoms with Crippen LogP contribution in [0.4, 0.5) is 4.79 Å². The van der Waals surface area contributed by atoms with E-state index in [0.717, 1.165) is 12.8 Å². The average molecular weight is 306 g/mol. The van der Waals surface area contributed by atoms with Gasteiger partial charge in [-0.1, -0.05) is 6.58 Å². The van der Waals surface area contributed by atoms with Gasteiger partial charge in [0, 0.05) is 17.4 Å². The number of ether oxygens (including phenoxy) is 4. The maximum atomic E-state index is 11.8. The van der Waals surface area contributed by atoms with Crippen LogP contribution in [0.5, 0.6) is 0 Å². The molecule has 3 aliphatic heterocycles. The highest BCUT2D eigenvalue weighted by Crippen LogP contribution is 2.64. The van der Waals surface area contributed by atoms with Gasteiger partial charge in [-0.25, -0.2) is 9.59 Å². The van der Waals surface area contributed by atoms with Crippen molar-refractivity contribution in [1.29, 1.82) is 0 Å². The Labute approximate surface area is 127 Å². The molecule has 0 aromatic rings. The SMILES string of the molecule is C=C(C)C(=O)OC1CC2CC1C1C3OC(C4OC(=O)OC43)C21. The van der Waals surface area contributed by atoms with Crippen LogP contribution >= 0.6 is 0 Å². The minimum Gasteiger partial charge on any atom is -0.459 e. The fourth-order valence-electron chi connectivity index (χ4n) is 5.56. The van der Waals surface area contributed by atoms with E-state index in [1.807, 2.05) is 0 Å². The Morgan fingerprint density at radius 1 is 1.14 bits per heavy atom. The molecule has 2 saturated carbocycles. The van der Waals surface area contributed by atoms with Crippen LogP contribution in [0.15, 0.2) is 12.2 Å². The molecule has 0 aromatic heterocycles. The summed E-state index contributed by atoms with van der Waals surface area (Å²) in [5.41, 5.74) is 0.432. The summed E-state index contributed by atoms with van der Waals surface area (Å²) < 4.78 is 22.3. The van der Waals surface area contributed by atoms with Crippen LogP contribution in [0.25, 0.3) is 0 Å². The van der Waals surface area contributed by atoms with Crippen molar-refractivity contribution in [3.05, 3.63) is 12.2 Å². The Balaban J connectivity index is 1.39. The van der Waals surface area contributed by atoms with Gasteiger partial charge in [-0.2, -0.15) is 0 Å². The molecule has 9 unspecified atom stereocenters. The van der Waals surface area contributed by atoms with E-state index in [0.29, 0.717) is 29.2 Å². The molecule has 0 aromatic carbocycles. The molecule has 5 aliphatic rings. The number of carbonyl (C=O) groups excluding carboxylic acids is 2. The van der Waals surface area contributed by atoms with Crippen LogP contribution in [0.1, 0.15) is 19.8 Å². The van der Waals surface area contributed by atoms with E-state index in [2.05, 4.69) is 6.58 Å². The van der Waals surface area contributed by atoms with Gasteiger partial charge in [0.25, 0.3) is 0 Å². The summed E-state index contributed by atoms with van der Waals surface area (Å²) in [7, 11) is 0. The zero-order valence-corrected chi connectivity index (χ0v) is 12.3. The van der Waals surface area contributed by atoms with Gasteiger partial charge in [0.05, 0.1) is 0 Å². The molecule has 0 radical (unpaired) electrons. The van der Waals surface area contributed by atoms with E-state index in [1.54, 1.807) is 6.92 Å². The predicted molar refractivity (Wildman–Crippen MR) is 71.7 cm³/mol. The molecule has 0 amide bonds. The maximum absolute atomic E-state index is 11.8. The second kappa shape index (κ2) is 4.04. The van der Waals surface area contributed by atoms with Crippen molar-refractivity contribution < 1.29 is 28.5 Å². The molecule has 118 valence electrons. The third-order valence-electron chi connectivity index (χ3n) is 6.19. The first-order chi connectivity index (χ1) is 10.5. The van der Waals surface area contributed by atoms with Crippen molar-refractivity contribution in [1.82, 2.24) is 0 Å². The monoisotopic (exact) mass is 306 g/mol. The van der Waals surface area contributed by atoms with E-state index < -0.39 is 6.16 Å². The number of esters is 1. The molecule has 9 atom stereocenters. The molecular weight excluding hydrogens is 288 g/mol. The fraction of sp³-hybridized carbons (Fsp3) is 0.750. The van der Waals surface area contributed by atoms with Crippen LogP contribution in [-0.2, 0) is 23.7 Å². The Bertz CT molecular complexity index is 585. The van der Waals surface area contributed by atoms with Crippen LogP contribution in [-0.4, -0.2) is 42.6 Å². The minimum absolute atomic E-state index is 0.0424. The van der Waals surface area contributed by atoms with Gasteiger partial charge in [0.2, 0.25) is 0 Å². The maximum Gasteiger partial charge on any atom is 0.509 e. The standard InChI is InChI=1S/C16H18O6/c1-5(2)15(17)19-8-4-6-3-7(8)10-9(6)11-13-14(12(10)20-11)22-16(18)21-13/h6-14H,1,3-4H2,2H3. The summed E-state index contributed by atoms with van der Waals surface area (Å²) in [6.45, 7) is 5.31. The summed E-state index contributed by atoms with van der Waals surface area (Å²) in [4.78, 5) is 23.2. The summed E-state index contributed by atoms with van der Waals surface area (Å²) in [5.74, 6) is 1.18. The minimum atomic E-state index is -0.578. The first kappa shape index (κ1) is 12.9. The van der Waals surface area contributed by atoms with E-state index in [-0.39, 0.29) is 36.5 Å². The number of fused-ring (bicyclic) bond motifs is 12. The summed E-state index contributed by atoms with van der Waals surface area (Å²) in [5, 5.41) is 0. The second-order valence-electron chi connectivity index (χ2n) is 7.25. The Kier molecular flexibility index (Phi) is 2.38. The Morgan fingerprint density at radius 2 is 1.82 bits per heavy atom. The molecule has 5 fully saturated rings. The Hall–Kier alpha value is -1.56. The van der Waals surface area contributed by atoms with Gasteiger partial charge >= 0.3 is 12.1 Å². The van der Waals surface area contributed by atoms with Gasteiger partial charge in [0.1, 0.15) is 18.3 Å². The highest BCUT2D eigenvalue weighted by atomic mass is 16.8. The zero-order valence-electron chi connectivity index (χ0n) is 12.3. The second-order valence-corrected chi connectivity index (χ2v) is 7.25. The molecule has 0 spiro atoms. The number of rotatable bonds is 2. The van der Waals surface area contributed by atoms with Gasteiger partial charge in [-0.3, -0.25) is 0 Å². The molecule has 5 rings (SSSR count). The Morgan fingerprint density at radius 3 is 2.50 bits per heavy atom. The lowest BCUT2D eigenvalue weighted by Gasteiger charge is -2.38. The lowest BCUT2D eigenvalue weighted by atomic mass is 9.68. The molecule has 2 aliphatic carbocycles. The molecule has 6 nitrogen and oxygen atoms in total. The number of hydrogen-bond donors (Lipinski definition) is 0. The molecule has 6 heteroatoms. The van der Waals surface area contributed by atoms with E-state index in [1.165, 1.54) is 0 Å². The third kappa shape index (κ3) is 1.44. The lowest BCUT2D eigenvalue weighted by Crippen LogP contribution is -2.50. The van der Waals surface area contributed by atoms with Crippen LogP contribution < -0.4 is 0 Å². The summed E-state index contributed by atoms with van der Waals surface area (Å²) in [6.07, 6.45) is 0.634. The molecule has 22 heavy (non-hydrogen) atoms. The molecule has 3 saturated heterocycles. The number of carbonyl (C=O) groups is 2. The van der Waals surface area contributed by atoms with Crippen molar-refractivity contribution in [2.75, 3.05) is 0 Å². The average Bonchev–Trinajstić information content (AvgIpc) is 3.17. The predicted octanol–water partition coefficient (Wildman–Crippen LogP) is 1.43. The van der Waals surface area contributed by atoms with E-state index >= 15 is 0 Å². The van der Waals surface area contributed by atoms with Crippen molar-refractivity contribution in [2.24, 2.45) is 23.7 Å². The first-order valence-corrected chi connectivity index (χ1v) is 7.94. The van der Waals surface area contributed by atoms with Crippen molar-refractivity contribution >= 4 is 12.1 Å². The lowest BCUT2D eigenvalue weighted by molar-refractivity contribution is -0.149. The first-order valence-electron chi connectivity index (χ1n) is 7.94. The highest BCUT2D eigenvalue weighted by molar-refractivity contribution is 5.87. The van der Waals surface area contributed by atoms with Gasteiger partial charge < -0.3 is 18.9 Å². The van der Waals surface area contributed by atoms with Crippen LogP contribution in [0, 0.1) is 23.7 Å². The van der Waals surface area contributed by atoms with Crippen LogP contribution in [0.2, 0.25) is 0 Å². The van der Waals surface area contributed by atoms with Gasteiger partial charge in [-0.05, 0) is 31.6 Å². The molecule has 3 heterocycles. The summed E-state index contributed by atoms with van der Waals surface area (Å²) in [6, 6.07) is 0. The van der Waals surface area contributed by atoms with Crippen molar-refractivity contribution in [3.8, 4) is 0 Å². The largest absolute Gasteiger partial charge is 0.509 e. The highest BCUT2D eigenvalue weighted by Gasteiger charge is 2.73. The molecule has 0 N–H and O–H groups in total. The smallest absolute Gasteiger partial charge is 0.459 e. The molecular formula is C16H18O6. The fourth-order valence-corrected chi connectivity index (χ4v) is 5.56. The van der Waals surface area contributed by atoms with E-state index in [9.17, 15) is 9.59 Å². The van der Waals surface area contributed by atoms with Crippen molar-refractivity contribution in [2.45, 2.75) is 50.3 Å². The zero-order chi connectivity index (χ0) is 15.2. The van der Waals surface area contributed by atoms with Crippen molar-refractivity contribution in [3.63, 3.8) is 0 Å². The number of hydrogen-bond acceptors (Lipinski definition) is 6. The summed E-state index contributed by atoms with van der Waals surface area (Å²) >= 11 is 0. The van der Waals surface area contributed by atoms with Gasteiger partial charge in [-0.15, -0.1) is 0 Å². The topological polar surface area (TPSA) is 71.1 Å². The quantitative estimate of drug-likeness (QED) is 0.568. The normalized spacial score (nSPS) is 53.0. The van der Waals surface area contributed by atoms with Gasteiger partial charge in [0.15, 0.2) is 12.2 Å². The third-order valence-corrected chi connectivity index (χ3v) is 6.19.